The molecule has 7 heteroatoms. The monoisotopic (exact) mass is 401 g/mol. The van der Waals surface area contributed by atoms with Gasteiger partial charge in [-0.2, -0.15) is 0 Å². The van der Waals surface area contributed by atoms with E-state index in [-0.39, 0.29) is 17.2 Å². The lowest BCUT2D eigenvalue weighted by Gasteiger charge is -2.32. The summed E-state index contributed by atoms with van der Waals surface area (Å²) in [6, 6.07) is 15.1. The average molecular weight is 401 g/mol. The molecule has 0 N–H and O–H groups in total. The number of aromatic nitrogens is 4. The van der Waals surface area contributed by atoms with E-state index in [0.29, 0.717) is 17.3 Å². The zero-order valence-electron chi connectivity index (χ0n) is 16.6. The molecule has 1 saturated heterocycles. The lowest BCUT2D eigenvalue weighted by molar-refractivity contribution is 0.178. The van der Waals surface area contributed by atoms with Gasteiger partial charge < -0.3 is 4.90 Å². The number of nitrogens with zero attached hydrogens (tertiary/aromatic N) is 5. The molecule has 152 valence electrons. The maximum atomic E-state index is 12.8. The second kappa shape index (κ2) is 7.84. The molecule has 0 unspecified atom stereocenters. The molecule has 2 aromatic carbocycles. The Morgan fingerprint density at radius 2 is 1.37 bits per heavy atom. The molecular formula is C23H23N5O2. The summed E-state index contributed by atoms with van der Waals surface area (Å²) >= 11 is 0. The number of para-hydroxylation sites is 2. The van der Waals surface area contributed by atoms with E-state index < -0.39 is 0 Å². The SMILES string of the molecule is O=c1c2ccccc2ncn1CCN1CCC(n2cnc3ccccc3c2=O)CC1. The van der Waals surface area contributed by atoms with E-state index in [2.05, 4.69) is 14.9 Å². The van der Waals surface area contributed by atoms with Crippen molar-refractivity contribution in [2.24, 2.45) is 0 Å². The molecule has 4 aromatic rings. The number of hydrogen-bond donors (Lipinski definition) is 0. The first-order valence-electron chi connectivity index (χ1n) is 10.3. The van der Waals surface area contributed by atoms with Crippen LogP contribution in [-0.2, 0) is 6.54 Å². The van der Waals surface area contributed by atoms with Gasteiger partial charge in [0.05, 0.1) is 34.5 Å². The topological polar surface area (TPSA) is 73.0 Å². The van der Waals surface area contributed by atoms with Crippen molar-refractivity contribution in [2.45, 2.75) is 25.4 Å². The largest absolute Gasteiger partial charge is 0.301 e. The molecule has 0 bridgehead atoms. The summed E-state index contributed by atoms with van der Waals surface area (Å²) in [7, 11) is 0. The summed E-state index contributed by atoms with van der Waals surface area (Å²) < 4.78 is 3.48. The van der Waals surface area contributed by atoms with E-state index in [1.165, 1.54) is 0 Å². The standard InChI is InChI=1S/C23H23N5O2/c29-22-18-5-1-3-7-20(18)24-15-27(22)14-13-26-11-9-17(10-12-26)28-16-25-21-8-4-2-6-19(21)23(28)30/h1-8,15-17H,9-14H2. The van der Waals surface area contributed by atoms with Crippen molar-refractivity contribution >= 4 is 21.8 Å². The molecule has 30 heavy (non-hydrogen) atoms. The fourth-order valence-electron chi connectivity index (χ4n) is 4.28. The molecule has 0 radical (unpaired) electrons. The van der Waals surface area contributed by atoms with Crippen molar-refractivity contribution in [3.8, 4) is 0 Å². The molecule has 7 nitrogen and oxygen atoms in total. The van der Waals surface area contributed by atoms with E-state index in [1.807, 2.05) is 48.5 Å². The highest BCUT2D eigenvalue weighted by atomic mass is 16.1. The first-order valence-corrected chi connectivity index (χ1v) is 10.3. The van der Waals surface area contributed by atoms with Crippen LogP contribution in [0.25, 0.3) is 21.8 Å². The number of fused-ring (bicyclic) bond motifs is 2. The number of likely N-dealkylation sites (tertiary alicyclic amines) is 1. The highest BCUT2D eigenvalue weighted by Crippen LogP contribution is 2.21. The van der Waals surface area contributed by atoms with Gasteiger partial charge in [-0.15, -0.1) is 0 Å². The fraction of sp³-hybridized carbons (Fsp3) is 0.304. The Morgan fingerprint density at radius 1 is 0.767 bits per heavy atom. The van der Waals surface area contributed by atoms with Crippen LogP contribution < -0.4 is 11.1 Å². The zero-order valence-corrected chi connectivity index (χ0v) is 16.6. The first kappa shape index (κ1) is 18.7. The average Bonchev–Trinajstić information content (AvgIpc) is 2.80. The van der Waals surface area contributed by atoms with Crippen LogP contribution in [0.15, 0.2) is 70.8 Å². The van der Waals surface area contributed by atoms with Crippen LogP contribution in [-0.4, -0.2) is 43.6 Å². The minimum absolute atomic E-state index is 0.00396. The third-order valence-electron chi connectivity index (χ3n) is 6.03. The zero-order chi connectivity index (χ0) is 20.5. The van der Waals surface area contributed by atoms with Gasteiger partial charge in [-0.3, -0.25) is 18.7 Å². The smallest absolute Gasteiger partial charge is 0.261 e. The summed E-state index contributed by atoms with van der Waals surface area (Å²) in [5.74, 6) is 0. The molecule has 5 rings (SSSR count). The Kier molecular flexibility index (Phi) is 4.88. The Labute approximate surface area is 173 Å². The number of benzene rings is 2. The van der Waals surface area contributed by atoms with Crippen LogP contribution in [0.1, 0.15) is 18.9 Å². The summed E-state index contributed by atoms with van der Waals surface area (Å²) in [6.07, 6.45) is 5.11. The van der Waals surface area contributed by atoms with E-state index in [0.717, 1.165) is 43.5 Å². The van der Waals surface area contributed by atoms with Gasteiger partial charge in [0.2, 0.25) is 0 Å². The molecule has 0 amide bonds. The summed E-state index contributed by atoms with van der Waals surface area (Å²) in [4.78, 5) is 36.7. The van der Waals surface area contributed by atoms with Crippen LogP contribution in [0.2, 0.25) is 0 Å². The Hall–Kier alpha value is -3.32. The molecule has 0 saturated carbocycles. The molecular weight excluding hydrogens is 378 g/mol. The van der Waals surface area contributed by atoms with E-state index in [9.17, 15) is 9.59 Å². The van der Waals surface area contributed by atoms with E-state index in [1.54, 1.807) is 21.8 Å². The van der Waals surface area contributed by atoms with Gasteiger partial charge >= 0.3 is 0 Å². The molecule has 3 heterocycles. The van der Waals surface area contributed by atoms with Crippen LogP contribution in [0.4, 0.5) is 0 Å². The first-order chi connectivity index (χ1) is 14.7. The fourth-order valence-corrected chi connectivity index (χ4v) is 4.28. The molecule has 1 aliphatic rings. The van der Waals surface area contributed by atoms with Gasteiger partial charge in [0, 0.05) is 32.2 Å². The highest BCUT2D eigenvalue weighted by Gasteiger charge is 2.22. The Morgan fingerprint density at radius 3 is 2.07 bits per heavy atom. The van der Waals surface area contributed by atoms with E-state index >= 15 is 0 Å². The second-order valence-electron chi connectivity index (χ2n) is 7.81. The minimum Gasteiger partial charge on any atom is -0.301 e. The van der Waals surface area contributed by atoms with Crippen LogP contribution in [0, 0.1) is 0 Å². The third-order valence-corrected chi connectivity index (χ3v) is 6.03. The van der Waals surface area contributed by atoms with Gasteiger partial charge in [0.25, 0.3) is 11.1 Å². The predicted octanol–water partition coefficient (Wildman–Crippen LogP) is 2.44. The minimum atomic E-state index is 0.00396. The number of hydrogen-bond acceptors (Lipinski definition) is 5. The van der Waals surface area contributed by atoms with Crippen molar-refractivity contribution < 1.29 is 0 Å². The predicted molar refractivity (Wildman–Crippen MR) is 117 cm³/mol. The lowest BCUT2D eigenvalue weighted by Crippen LogP contribution is -2.39. The lowest BCUT2D eigenvalue weighted by atomic mass is 10.0. The number of piperidine rings is 1. The third kappa shape index (κ3) is 3.41. The second-order valence-corrected chi connectivity index (χ2v) is 7.81. The quantitative estimate of drug-likeness (QED) is 0.525. The van der Waals surface area contributed by atoms with Crippen molar-refractivity contribution in [3.05, 3.63) is 81.9 Å². The van der Waals surface area contributed by atoms with Crippen LogP contribution in [0.5, 0.6) is 0 Å². The Balaban J connectivity index is 1.25. The van der Waals surface area contributed by atoms with Crippen molar-refractivity contribution in [1.82, 2.24) is 24.0 Å². The summed E-state index contributed by atoms with van der Waals surface area (Å²) in [6.45, 7) is 3.18. The highest BCUT2D eigenvalue weighted by molar-refractivity contribution is 5.77. The van der Waals surface area contributed by atoms with Gasteiger partial charge in [-0.25, -0.2) is 9.97 Å². The summed E-state index contributed by atoms with van der Waals surface area (Å²) in [5, 5.41) is 1.33. The molecule has 1 fully saturated rings. The van der Waals surface area contributed by atoms with Crippen molar-refractivity contribution in [2.75, 3.05) is 19.6 Å². The maximum absolute atomic E-state index is 12.8. The van der Waals surface area contributed by atoms with E-state index in [4.69, 9.17) is 0 Å². The van der Waals surface area contributed by atoms with Crippen LogP contribution in [0.3, 0.4) is 0 Å². The van der Waals surface area contributed by atoms with Crippen LogP contribution >= 0.6 is 0 Å². The normalized spacial score (nSPS) is 15.7. The van der Waals surface area contributed by atoms with Crippen molar-refractivity contribution in [1.29, 1.82) is 0 Å². The molecule has 2 aromatic heterocycles. The van der Waals surface area contributed by atoms with Crippen molar-refractivity contribution in [3.63, 3.8) is 0 Å². The summed E-state index contributed by atoms with van der Waals surface area (Å²) in [5.41, 5.74) is 1.51. The number of rotatable bonds is 4. The van der Waals surface area contributed by atoms with Gasteiger partial charge in [0.1, 0.15) is 0 Å². The molecule has 1 aliphatic heterocycles. The molecule has 0 atom stereocenters. The van der Waals surface area contributed by atoms with Gasteiger partial charge in [0.15, 0.2) is 0 Å². The molecule has 0 spiro atoms. The van der Waals surface area contributed by atoms with Gasteiger partial charge in [-0.1, -0.05) is 24.3 Å². The molecule has 0 aliphatic carbocycles. The Bertz CT molecular complexity index is 1320. The van der Waals surface area contributed by atoms with Gasteiger partial charge in [-0.05, 0) is 37.1 Å². The maximum Gasteiger partial charge on any atom is 0.261 e.